The van der Waals surface area contributed by atoms with E-state index >= 15 is 0 Å². The molecule has 1 N–H and O–H groups in total. The number of allylic oxidation sites excluding steroid dienone is 2. The van der Waals surface area contributed by atoms with Crippen LogP contribution in [0.1, 0.15) is 5.56 Å². The maximum absolute atomic E-state index is 4.28. The van der Waals surface area contributed by atoms with E-state index in [1.165, 1.54) is 0 Å². The number of aromatic amines is 1. The van der Waals surface area contributed by atoms with Crippen LogP contribution in [-0.2, 0) is 0 Å². The number of benzene rings is 1. The normalized spacial score (nSPS) is 14.4. The van der Waals surface area contributed by atoms with E-state index < -0.39 is 0 Å². The van der Waals surface area contributed by atoms with Crippen LogP contribution in [0.2, 0.25) is 0 Å². The molecular formula is C11H8N3. The molecule has 0 bridgehead atoms. The maximum atomic E-state index is 4.28. The van der Waals surface area contributed by atoms with Crippen molar-refractivity contribution < 1.29 is 0 Å². The Labute approximate surface area is 81.2 Å². The molecule has 3 rings (SSSR count). The molecule has 2 aromatic rings. The number of fused-ring (bicyclic) bond motifs is 1. The van der Waals surface area contributed by atoms with Gasteiger partial charge in [-0.15, -0.1) is 0 Å². The van der Waals surface area contributed by atoms with Crippen molar-refractivity contribution in [1.82, 2.24) is 15.3 Å². The van der Waals surface area contributed by atoms with Crippen molar-refractivity contribution in [2.24, 2.45) is 0 Å². The van der Waals surface area contributed by atoms with Gasteiger partial charge in [-0.2, -0.15) is 0 Å². The van der Waals surface area contributed by atoms with Crippen LogP contribution < -0.4 is 5.32 Å². The van der Waals surface area contributed by atoms with Gasteiger partial charge in [0, 0.05) is 11.8 Å². The molecule has 0 amide bonds. The van der Waals surface area contributed by atoms with E-state index in [0.29, 0.717) is 0 Å². The number of nitrogens with one attached hydrogen (secondary N) is 1. The van der Waals surface area contributed by atoms with Gasteiger partial charge >= 0.3 is 0 Å². The first-order chi connectivity index (χ1) is 6.95. The molecule has 0 spiro atoms. The second-order valence-electron chi connectivity index (χ2n) is 3.13. The number of rotatable bonds is 1. The van der Waals surface area contributed by atoms with E-state index in [1.807, 2.05) is 30.4 Å². The summed E-state index contributed by atoms with van der Waals surface area (Å²) in [6, 6.07) is 6.05. The zero-order valence-electron chi connectivity index (χ0n) is 7.44. The Morgan fingerprint density at radius 1 is 1.21 bits per heavy atom. The Morgan fingerprint density at radius 2 is 2.21 bits per heavy atom. The summed E-state index contributed by atoms with van der Waals surface area (Å²) < 4.78 is 0. The summed E-state index contributed by atoms with van der Waals surface area (Å²) in [4.78, 5) is 7.36. The van der Waals surface area contributed by atoms with Gasteiger partial charge in [0.2, 0.25) is 0 Å². The molecule has 0 saturated carbocycles. The first kappa shape index (κ1) is 7.38. The summed E-state index contributed by atoms with van der Waals surface area (Å²) in [5, 5.41) is 4.26. The predicted molar refractivity (Wildman–Crippen MR) is 55.3 cm³/mol. The molecule has 14 heavy (non-hydrogen) atoms. The van der Waals surface area contributed by atoms with Gasteiger partial charge in [-0.05, 0) is 18.2 Å². The van der Waals surface area contributed by atoms with Crippen molar-refractivity contribution in [2.45, 2.75) is 0 Å². The third-order valence-corrected chi connectivity index (χ3v) is 2.28. The summed E-state index contributed by atoms with van der Waals surface area (Å²) in [6.45, 7) is 0. The fourth-order valence-electron chi connectivity index (χ4n) is 1.63. The minimum atomic E-state index is 0.975. The number of hydrogen-bond donors (Lipinski definition) is 1. The fourth-order valence-corrected chi connectivity index (χ4v) is 1.63. The van der Waals surface area contributed by atoms with Gasteiger partial charge in [0.1, 0.15) is 0 Å². The number of hydrogen-bond acceptors (Lipinski definition) is 1. The van der Waals surface area contributed by atoms with Gasteiger partial charge in [0.15, 0.2) is 0 Å². The molecule has 0 atom stereocenters. The SMILES string of the molecule is C1=C[N]C(c2cccc3[nH]cnc23)=C1. The molecule has 67 valence electrons. The van der Waals surface area contributed by atoms with Crippen molar-refractivity contribution in [3.8, 4) is 0 Å². The lowest BCUT2D eigenvalue weighted by Crippen LogP contribution is -1.92. The lowest BCUT2D eigenvalue weighted by Gasteiger charge is -2.01. The lowest BCUT2D eigenvalue weighted by atomic mass is 10.1. The largest absolute Gasteiger partial charge is 0.345 e. The third-order valence-electron chi connectivity index (χ3n) is 2.28. The van der Waals surface area contributed by atoms with Crippen molar-refractivity contribution >= 4 is 16.7 Å². The van der Waals surface area contributed by atoms with E-state index in [4.69, 9.17) is 0 Å². The van der Waals surface area contributed by atoms with E-state index in [-0.39, 0.29) is 0 Å². The summed E-state index contributed by atoms with van der Waals surface area (Å²) in [5.74, 6) is 0. The van der Waals surface area contributed by atoms with E-state index in [9.17, 15) is 0 Å². The van der Waals surface area contributed by atoms with Crippen LogP contribution in [0.5, 0.6) is 0 Å². The Morgan fingerprint density at radius 3 is 3.07 bits per heavy atom. The number of para-hydroxylation sites is 1. The quantitative estimate of drug-likeness (QED) is 0.720. The summed E-state index contributed by atoms with van der Waals surface area (Å²) in [6.07, 6.45) is 7.42. The molecular weight excluding hydrogens is 174 g/mol. The van der Waals surface area contributed by atoms with E-state index in [2.05, 4.69) is 15.3 Å². The molecule has 1 aromatic heterocycles. The molecule has 1 aliphatic heterocycles. The van der Waals surface area contributed by atoms with E-state index in [1.54, 1.807) is 12.5 Å². The van der Waals surface area contributed by atoms with Crippen LogP contribution in [0.15, 0.2) is 42.9 Å². The van der Waals surface area contributed by atoms with Crippen LogP contribution >= 0.6 is 0 Å². The third kappa shape index (κ3) is 0.956. The van der Waals surface area contributed by atoms with Gasteiger partial charge < -0.3 is 4.98 Å². The van der Waals surface area contributed by atoms with Gasteiger partial charge in [0.25, 0.3) is 0 Å². The van der Waals surface area contributed by atoms with Gasteiger partial charge in [-0.3, -0.25) is 5.32 Å². The second-order valence-corrected chi connectivity index (χ2v) is 3.13. The zero-order chi connectivity index (χ0) is 9.38. The summed E-state index contributed by atoms with van der Waals surface area (Å²) in [7, 11) is 0. The van der Waals surface area contributed by atoms with Gasteiger partial charge in [-0.1, -0.05) is 12.1 Å². The van der Waals surface area contributed by atoms with Crippen molar-refractivity contribution in [2.75, 3.05) is 0 Å². The van der Waals surface area contributed by atoms with Crippen LogP contribution in [-0.4, -0.2) is 9.97 Å². The van der Waals surface area contributed by atoms with Crippen LogP contribution in [0.25, 0.3) is 16.7 Å². The Kier molecular flexibility index (Phi) is 1.44. The van der Waals surface area contributed by atoms with Crippen LogP contribution in [0, 0.1) is 0 Å². The lowest BCUT2D eigenvalue weighted by molar-refractivity contribution is 1.23. The minimum absolute atomic E-state index is 0.975. The standard InChI is InChI=1S/C11H8N3/c1-3-8(9-5-2-6-12-9)11-10(4-1)13-7-14-11/h1-7H,(H,13,14). The molecule has 0 fully saturated rings. The zero-order valence-corrected chi connectivity index (χ0v) is 7.44. The maximum Gasteiger partial charge on any atom is 0.0976 e. The molecule has 2 heterocycles. The fraction of sp³-hybridized carbons (Fsp3) is 0. The Hall–Kier alpha value is -2.03. The Bertz CT molecular complexity index is 534. The van der Waals surface area contributed by atoms with Crippen molar-refractivity contribution in [3.05, 3.63) is 48.4 Å². The van der Waals surface area contributed by atoms with Gasteiger partial charge in [-0.25, -0.2) is 4.98 Å². The Balaban J connectivity index is 2.25. The predicted octanol–water partition coefficient (Wildman–Crippen LogP) is 2.04. The monoisotopic (exact) mass is 182 g/mol. The highest BCUT2D eigenvalue weighted by Gasteiger charge is 2.09. The summed E-state index contributed by atoms with van der Waals surface area (Å²) >= 11 is 0. The summed E-state index contributed by atoms with van der Waals surface area (Å²) in [5.41, 5.74) is 4.08. The molecule has 1 radical (unpaired) electrons. The number of aromatic nitrogens is 2. The van der Waals surface area contributed by atoms with Crippen molar-refractivity contribution in [1.29, 1.82) is 0 Å². The highest BCUT2D eigenvalue weighted by atomic mass is 14.9. The average Bonchev–Trinajstić information content (AvgIpc) is 2.88. The molecule has 0 unspecified atom stereocenters. The number of H-pyrrole nitrogens is 1. The molecule has 1 aliphatic rings. The molecule has 3 heteroatoms. The van der Waals surface area contributed by atoms with Gasteiger partial charge in [0.05, 0.1) is 23.1 Å². The van der Waals surface area contributed by atoms with Crippen LogP contribution in [0.3, 0.4) is 0 Å². The molecule has 0 aliphatic carbocycles. The first-order valence-corrected chi connectivity index (χ1v) is 4.45. The highest BCUT2D eigenvalue weighted by Crippen LogP contribution is 2.23. The first-order valence-electron chi connectivity index (χ1n) is 4.45. The molecule has 3 nitrogen and oxygen atoms in total. The average molecular weight is 182 g/mol. The number of imidazole rings is 1. The highest BCUT2D eigenvalue weighted by molar-refractivity contribution is 5.89. The molecule has 0 saturated heterocycles. The van der Waals surface area contributed by atoms with E-state index in [0.717, 1.165) is 22.3 Å². The minimum Gasteiger partial charge on any atom is -0.345 e. The van der Waals surface area contributed by atoms with Crippen LogP contribution in [0.4, 0.5) is 0 Å². The smallest absolute Gasteiger partial charge is 0.0976 e. The second kappa shape index (κ2) is 2.73. The van der Waals surface area contributed by atoms with Crippen molar-refractivity contribution in [3.63, 3.8) is 0 Å². The number of nitrogens with zero attached hydrogens (tertiary/aromatic N) is 2. The molecule has 1 aromatic carbocycles. The topological polar surface area (TPSA) is 42.8 Å².